The number of fused-ring (bicyclic) bond motifs is 3. The van der Waals surface area contributed by atoms with Crippen LogP contribution in [0.5, 0.6) is 0 Å². The van der Waals surface area contributed by atoms with E-state index < -0.39 is 5.79 Å². The Hall–Kier alpha value is -2.35. The largest absolute Gasteiger partial charge is 0.354 e. The van der Waals surface area contributed by atoms with Gasteiger partial charge in [-0.1, -0.05) is 11.6 Å². The van der Waals surface area contributed by atoms with Gasteiger partial charge in [0.05, 0.1) is 30.0 Å². The molecular weight excluding hydrogens is 416 g/mol. The summed E-state index contributed by atoms with van der Waals surface area (Å²) in [5, 5.41) is 4.79. The first-order chi connectivity index (χ1) is 15.2. The summed E-state index contributed by atoms with van der Waals surface area (Å²) in [6.07, 6.45) is 10.5. The van der Waals surface area contributed by atoms with Gasteiger partial charge >= 0.3 is 0 Å². The van der Waals surface area contributed by atoms with Crippen molar-refractivity contribution in [2.75, 3.05) is 13.2 Å². The van der Waals surface area contributed by atoms with E-state index in [1.54, 1.807) is 12.4 Å². The van der Waals surface area contributed by atoms with Gasteiger partial charge in [-0.3, -0.25) is 4.98 Å². The average molecular weight is 439 g/mol. The topological polar surface area (TPSA) is 83.2 Å². The van der Waals surface area contributed by atoms with Gasteiger partial charge < -0.3 is 14.0 Å². The summed E-state index contributed by atoms with van der Waals surface area (Å²) in [6.45, 7) is 1.28. The molecule has 2 fully saturated rings. The molecule has 1 saturated carbocycles. The van der Waals surface area contributed by atoms with Crippen molar-refractivity contribution >= 4 is 11.6 Å². The minimum atomic E-state index is -0.583. The van der Waals surface area contributed by atoms with Gasteiger partial charge in [0.2, 0.25) is 5.28 Å². The van der Waals surface area contributed by atoms with E-state index in [-0.39, 0.29) is 10.7 Å². The summed E-state index contributed by atoms with van der Waals surface area (Å²) < 4.78 is 18.5. The lowest BCUT2D eigenvalue weighted by Crippen LogP contribution is -2.56. The quantitative estimate of drug-likeness (QED) is 0.534. The highest BCUT2D eigenvalue weighted by atomic mass is 35.5. The highest BCUT2D eigenvalue weighted by Gasteiger charge is 2.61. The number of ether oxygens (including phenoxy) is 2. The molecule has 2 aliphatic carbocycles. The fraction of sp³-hybridized carbons (Fsp3) is 0.478. The molecule has 0 unspecified atom stereocenters. The van der Waals surface area contributed by atoms with Gasteiger partial charge in [0.1, 0.15) is 5.69 Å². The Balaban J connectivity index is 1.47. The molecule has 0 aromatic carbocycles. The molecule has 160 valence electrons. The molecule has 31 heavy (non-hydrogen) atoms. The number of halogens is 1. The number of aromatic nitrogens is 4. The second-order valence-corrected chi connectivity index (χ2v) is 8.91. The molecule has 1 atom stereocenters. The maximum Gasteiger partial charge on any atom is 0.223 e. The molecule has 2 spiro atoms. The van der Waals surface area contributed by atoms with Crippen LogP contribution in [0.1, 0.15) is 49.8 Å². The second kappa shape index (κ2) is 7.36. The van der Waals surface area contributed by atoms with Crippen LogP contribution in [-0.4, -0.2) is 39.1 Å². The molecular formula is C23H23ClN4O3. The van der Waals surface area contributed by atoms with Crippen molar-refractivity contribution in [1.82, 2.24) is 20.1 Å². The van der Waals surface area contributed by atoms with Gasteiger partial charge in [-0.2, -0.15) is 0 Å². The summed E-state index contributed by atoms with van der Waals surface area (Å²) in [7, 11) is 0. The van der Waals surface area contributed by atoms with Gasteiger partial charge in [-0.25, -0.2) is 9.97 Å². The molecule has 6 rings (SSSR count). The predicted molar refractivity (Wildman–Crippen MR) is 113 cm³/mol. The zero-order valence-corrected chi connectivity index (χ0v) is 17.9. The molecule has 0 bridgehead atoms. The van der Waals surface area contributed by atoms with E-state index in [9.17, 15) is 0 Å². The maximum atomic E-state index is 6.30. The summed E-state index contributed by atoms with van der Waals surface area (Å²) in [5.74, 6) is 0.0903. The first-order valence-corrected chi connectivity index (χ1v) is 11.3. The Morgan fingerprint density at radius 2 is 1.65 bits per heavy atom. The van der Waals surface area contributed by atoms with Crippen molar-refractivity contribution in [1.29, 1.82) is 0 Å². The number of pyridine rings is 1. The Labute approximate surface area is 185 Å². The smallest absolute Gasteiger partial charge is 0.223 e. The number of hydrogen-bond acceptors (Lipinski definition) is 7. The van der Waals surface area contributed by atoms with Gasteiger partial charge in [-0.05, 0) is 61.9 Å². The fourth-order valence-electron chi connectivity index (χ4n) is 5.71. The van der Waals surface area contributed by atoms with Crippen LogP contribution in [0.3, 0.4) is 0 Å². The molecule has 3 aromatic rings. The Kier molecular flexibility index (Phi) is 4.59. The maximum absolute atomic E-state index is 6.30. The highest BCUT2D eigenvalue weighted by molar-refractivity contribution is 6.28. The van der Waals surface area contributed by atoms with E-state index in [2.05, 4.69) is 20.1 Å². The third-order valence-corrected chi connectivity index (χ3v) is 7.19. The van der Waals surface area contributed by atoms with Crippen molar-refractivity contribution in [3.8, 4) is 22.7 Å². The molecule has 3 aliphatic rings. The molecule has 0 radical (unpaired) electrons. The van der Waals surface area contributed by atoms with Crippen LogP contribution in [0, 0.1) is 0 Å². The van der Waals surface area contributed by atoms with Crippen molar-refractivity contribution in [3.05, 3.63) is 47.1 Å². The molecule has 1 aliphatic heterocycles. The predicted octanol–water partition coefficient (Wildman–Crippen LogP) is 4.74. The first-order valence-electron chi connectivity index (χ1n) is 10.9. The van der Waals surface area contributed by atoms with E-state index in [0.29, 0.717) is 24.7 Å². The van der Waals surface area contributed by atoms with E-state index in [4.69, 9.17) is 25.6 Å². The minimum Gasteiger partial charge on any atom is -0.354 e. The lowest BCUT2D eigenvalue weighted by molar-refractivity contribution is -0.231. The molecule has 3 aromatic heterocycles. The standard InChI is InChI=1S/C23H23ClN4O3/c24-21-26-17(15-5-10-25-11-6-15)14-18(27-21)19-16-4-3-8-22(20(16)28-31-19)7-1-2-9-23(22)29-12-13-30-23/h5-6,10-11,14H,1-4,7-9,12-13H2/t22-/m0/s1. The third kappa shape index (κ3) is 2.94. The fourth-order valence-corrected chi connectivity index (χ4v) is 5.89. The molecule has 0 amide bonds. The van der Waals surface area contributed by atoms with Crippen LogP contribution in [0.2, 0.25) is 5.28 Å². The third-order valence-electron chi connectivity index (χ3n) is 7.02. The lowest BCUT2D eigenvalue weighted by atomic mass is 9.61. The van der Waals surface area contributed by atoms with Gasteiger partial charge in [0.25, 0.3) is 0 Å². The number of hydrogen-bond donors (Lipinski definition) is 0. The second-order valence-electron chi connectivity index (χ2n) is 8.57. The van der Waals surface area contributed by atoms with E-state index >= 15 is 0 Å². The van der Waals surface area contributed by atoms with Gasteiger partial charge in [0, 0.05) is 29.9 Å². The van der Waals surface area contributed by atoms with E-state index in [1.807, 2.05) is 18.2 Å². The Morgan fingerprint density at radius 1 is 0.903 bits per heavy atom. The molecule has 4 heterocycles. The van der Waals surface area contributed by atoms with E-state index in [0.717, 1.165) is 67.5 Å². The van der Waals surface area contributed by atoms with Crippen LogP contribution in [-0.2, 0) is 21.3 Å². The van der Waals surface area contributed by atoms with Crippen LogP contribution >= 0.6 is 11.6 Å². The molecule has 1 saturated heterocycles. The Morgan fingerprint density at radius 3 is 2.48 bits per heavy atom. The van der Waals surface area contributed by atoms with Crippen LogP contribution in [0.4, 0.5) is 0 Å². The van der Waals surface area contributed by atoms with Crippen molar-refractivity contribution < 1.29 is 14.0 Å². The first kappa shape index (κ1) is 19.3. The Bertz CT molecular complexity index is 1110. The summed E-state index contributed by atoms with van der Waals surface area (Å²) in [4.78, 5) is 12.9. The van der Waals surface area contributed by atoms with E-state index in [1.165, 1.54) is 0 Å². The zero-order valence-electron chi connectivity index (χ0n) is 17.1. The van der Waals surface area contributed by atoms with Crippen LogP contribution < -0.4 is 0 Å². The lowest BCUT2D eigenvalue weighted by Gasteiger charge is -2.50. The average Bonchev–Trinajstić information content (AvgIpc) is 3.45. The van der Waals surface area contributed by atoms with Crippen molar-refractivity contribution in [2.45, 2.75) is 56.1 Å². The van der Waals surface area contributed by atoms with Crippen LogP contribution in [0.15, 0.2) is 35.1 Å². The number of nitrogens with zero attached hydrogens (tertiary/aromatic N) is 4. The molecule has 0 N–H and O–H groups in total. The van der Waals surface area contributed by atoms with Crippen LogP contribution in [0.25, 0.3) is 22.7 Å². The van der Waals surface area contributed by atoms with Gasteiger partial charge in [0.15, 0.2) is 11.5 Å². The molecule has 8 heteroatoms. The monoisotopic (exact) mass is 438 g/mol. The zero-order chi connectivity index (χ0) is 20.9. The van der Waals surface area contributed by atoms with Crippen molar-refractivity contribution in [3.63, 3.8) is 0 Å². The molecule has 7 nitrogen and oxygen atoms in total. The highest BCUT2D eigenvalue weighted by Crippen LogP contribution is 2.56. The summed E-state index contributed by atoms with van der Waals surface area (Å²) >= 11 is 6.30. The normalized spacial score (nSPS) is 24.5. The minimum absolute atomic E-state index is 0.177. The van der Waals surface area contributed by atoms with Gasteiger partial charge in [-0.15, -0.1) is 0 Å². The number of rotatable bonds is 2. The summed E-state index contributed by atoms with van der Waals surface area (Å²) in [6, 6.07) is 5.70. The van der Waals surface area contributed by atoms with Crippen molar-refractivity contribution in [2.24, 2.45) is 0 Å². The SMILES string of the molecule is Clc1nc(-c2ccncc2)cc(-c2onc3c2CCC[C@@]32CCCCC23OCCO3)n1. The summed E-state index contributed by atoms with van der Waals surface area (Å²) in [5.41, 5.74) is 4.12.